The van der Waals surface area contributed by atoms with Crippen LogP contribution in [0.4, 0.5) is 0 Å². The van der Waals surface area contributed by atoms with Crippen molar-refractivity contribution in [2.75, 3.05) is 5.75 Å². The van der Waals surface area contributed by atoms with E-state index in [1.165, 1.54) is 10.9 Å². The Morgan fingerprint density at radius 1 is 1.42 bits per heavy atom. The Morgan fingerprint density at radius 3 is 3.12 bits per heavy atom. The molecule has 1 aromatic carbocycles. The first-order valence-corrected chi connectivity index (χ1v) is 8.53. The number of imidazole rings is 1. The van der Waals surface area contributed by atoms with Gasteiger partial charge < -0.3 is 14.5 Å². The van der Waals surface area contributed by atoms with Gasteiger partial charge in [0.1, 0.15) is 0 Å². The van der Waals surface area contributed by atoms with Crippen molar-refractivity contribution in [2.45, 2.75) is 18.2 Å². The first kappa shape index (κ1) is 14.9. The quantitative estimate of drug-likeness (QED) is 0.773. The van der Waals surface area contributed by atoms with E-state index in [9.17, 15) is 9.59 Å². The highest BCUT2D eigenvalue weighted by Crippen LogP contribution is 2.24. The molecule has 1 aliphatic rings. The van der Waals surface area contributed by atoms with Gasteiger partial charge in [-0.05, 0) is 18.2 Å². The zero-order chi connectivity index (χ0) is 16.7. The van der Waals surface area contributed by atoms with Crippen LogP contribution in [0.15, 0.2) is 40.7 Å². The fraction of sp³-hybridized carbons (Fsp3) is 0.250. The maximum Gasteiger partial charge on any atom is 0.260 e. The molecule has 7 nitrogen and oxygen atoms in total. The third-order valence-electron chi connectivity index (χ3n) is 3.96. The zero-order valence-electron chi connectivity index (χ0n) is 13.0. The molecule has 0 saturated heterocycles. The van der Waals surface area contributed by atoms with Crippen molar-refractivity contribution in [3.63, 3.8) is 0 Å². The molecule has 1 N–H and O–H groups in total. The molecule has 0 atom stereocenters. The maximum atomic E-state index is 12.3. The van der Waals surface area contributed by atoms with E-state index in [4.69, 9.17) is 0 Å². The van der Waals surface area contributed by atoms with Gasteiger partial charge in [0.15, 0.2) is 5.16 Å². The molecule has 3 aromatic rings. The molecule has 122 valence electrons. The smallest absolute Gasteiger partial charge is 0.260 e. The predicted molar refractivity (Wildman–Crippen MR) is 91.1 cm³/mol. The van der Waals surface area contributed by atoms with Crippen LogP contribution in [0.5, 0.6) is 0 Å². The van der Waals surface area contributed by atoms with Gasteiger partial charge in [0.2, 0.25) is 0 Å². The van der Waals surface area contributed by atoms with Crippen LogP contribution in [0.25, 0.3) is 10.9 Å². The number of aromatic nitrogens is 4. The monoisotopic (exact) mass is 341 g/mol. The largest absolute Gasteiger partial charge is 0.346 e. The molecular formula is C16H15N5O2S. The van der Waals surface area contributed by atoms with Gasteiger partial charge in [-0.3, -0.25) is 9.59 Å². The molecule has 24 heavy (non-hydrogen) atoms. The van der Waals surface area contributed by atoms with E-state index < -0.39 is 0 Å². The highest BCUT2D eigenvalue weighted by molar-refractivity contribution is 7.99. The molecule has 8 heteroatoms. The summed E-state index contributed by atoms with van der Waals surface area (Å²) in [7, 11) is 1.65. The van der Waals surface area contributed by atoms with Gasteiger partial charge in [0, 0.05) is 31.1 Å². The second-order valence-corrected chi connectivity index (χ2v) is 6.69. The molecular weight excluding hydrogens is 326 g/mol. The fourth-order valence-electron chi connectivity index (χ4n) is 2.67. The van der Waals surface area contributed by atoms with Crippen molar-refractivity contribution in [1.29, 1.82) is 0 Å². The summed E-state index contributed by atoms with van der Waals surface area (Å²) in [6.45, 7) is 1.34. The normalized spacial score (nSPS) is 13.2. The van der Waals surface area contributed by atoms with Gasteiger partial charge in [0.25, 0.3) is 11.5 Å². The molecule has 0 spiro atoms. The van der Waals surface area contributed by atoms with Crippen LogP contribution in [0.2, 0.25) is 0 Å². The fourth-order valence-corrected chi connectivity index (χ4v) is 3.63. The Balaban J connectivity index is 1.52. The molecule has 2 aromatic heterocycles. The molecule has 0 unspecified atom stereocenters. The van der Waals surface area contributed by atoms with Gasteiger partial charge in [0.05, 0.1) is 29.5 Å². The van der Waals surface area contributed by atoms with Crippen molar-refractivity contribution >= 4 is 28.6 Å². The predicted octanol–water partition coefficient (Wildman–Crippen LogP) is 1.17. The average Bonchev–Trinajstić information content (AvgIpc) is 3.17. The van der Waals surface area contributed by atoms with Gasteiger partial charge in [-0.1, -0.05) is 11.8 Å². The lowest BCUT2D eigenvalue weighted by Gasteiger charge is -2.05. The number of benzene rings is 1. The number of carbonyl (C=O) groups is 1. The molecule has 1 amide bonds. The van der Waals surface area contributed by atoms with Crippen LogP contribution in [0.1, 0.15) is 16.1 Å². The van der Waals surface area contributed by atoms with Crippen molar-refractivity contribution in [3.8, 4) is 0 Å². The summed E-state index contributed by atoms with van der Waals surface area (Å²) in [6, 6.07) is 4.92. The number of rotatable bonds is 3. The summed E-state index contributed by atoms with van der Waals surface area (Å²) < 4.78 is 3.51. The third-order valence-corrected chi connectivity index (χ3v) is 4.93. The lowest BCUT2D eigenvalue weighted by atomic mass is 10.1. The number of aryl methyl sites for hydroxylation is 2. The highest BCUT2D eigenvalue weighted by atomic mass is 32.2. The Kier molecular flexibility index (Phi) is 3.61. The molecule has 4 rings (SSSR count). The van der Waals surface area contributed by atoms with Crippen molar-refractivity contribution < 1.29 is 4.79 Å². The van der Waals surface area contributed by atoms with Crippen molar-refractivity contribution in [3.05, 3.63) is 52.3 Å². The van der Waals surface area contributed by atoms with Gasteiger partial charge in [-0.2, -0.15) is 0 Å². The van der Waals surface area contributed by atoms with E-state index in [2.05, 4.69) is 19.9 Å². The van der Waals surface area contributed by atoms with E-state index in [-0.39, 0.29) is 11.5 Å². The van der Waals surface area contributed by atoms with Crippen molar-refractivity contribution in [2.24, 2.45) is 7.05 Å². The van der Waals surface area contributed by atoms with Crippen molar-refractivity contribution in [1.82, 2.24) is 24.4 Å². The minimum absolute atomic E-state index is 0.128. The third kappa shape index (κ3) is 2.58. The van der Waals surface area contributed by atoms with Crippen LogP contribution in [-0.4, -0.2) is 30.8 Å². The lowest BCUT2D eigenvalue weighted by molar-refractivity contribution is 0.0950. The summed E-state index contributed by atoms with van der Waals surface area (Å²) in [5.74, 6) is 0.846. The van der Waals surface area contributed by atoms with Crippen LogP contribution < -0.4 is 10.9 Å². The number of nitrogens with zero attached hydrogens (tertiary/aromatic N) is 4. The lowest BCUT2D eigenvalue weighted by Crippen LogP contribution is -2.23. The average molecular weight is 341 g/mol. The topological polar surface area (TPSA) is 81.8 Å². The minimum Gasteiger partial charge on any atom is -0.346 e. The molecule has 0 saturated carbocycles. The number of carbonyl (C=O) groups excluding carboxylic acids is 1. The second-order valence-electron chi connectivity index (χ2n) is 5.63. The van der Waals surface area contributed by atoms with E-state index in [1.54, 1.807) is 37.0 Å². The van der Waals surface area contributed by atoms with Crippen LogP contribution in [0, 0.1) is 0 Å². The standard InChI is InChI=1S/C16H15N5O2S/c1-20-9-18-13-6-10(2-3-12(13)15(20)23)14(22)17-7-11-8-21-4-5-24-16(21)19-11/h2-3,6,8-9H,4-5,7H2,1H3,(H,17,22). The molecule has 0 fully saturated rings. The first-order chi connectivity index (χ1) is 11.6. The number of nitrogens with one attached hydrogen (secondary N) is 1. The number of amides is 1. The van der Waals surface area contributed by atoms with Gasteiger partial charge in [-0.15, -0.1) is 0 Å². The molecule has 0 aliphatic carbocycles. The Bertz CT molecular complexity index is 986. The number of thioether (sulfide) groups is 1. The first-order valence-electron chi connectivity index (χ1n) is 7.54. The maximum absolute atomic E-state index is 12.3. The highest BCUT2D eigenvalue weighted by Gasteiger charge is 2.15. The molecule has 1 aliphatic heterocycles. The number of hydrogen-bond donors (Lipinski definition) is 1. The molecule has 0 radical (unpaired) electrons. The van der Waals surface area contributed by atoms with E-state index in [1.807, 2.05) is 6.20 Å². The van der Waals surface area contributed by atoms with Crippen LogP contribution >= 0.6 is 11.8 Å². The van der Waals surface area contributed by atoms with Gasteiger partial charge >= 0.3 is 0 Å². The van der Waals surface area contributed by atoms with E-state index in [0.717, 1.165) is 23.1 Å². The minimum atomic E-state index is -0.208. The van der Waals surface area contributed by atoms with E-state index >= 15 is 0 Å². The summed E-state index contributed by atoms with van der Waals surface area (Å²) in [5, 5.41) is 4.36. The zero-order valence-corrected chi connectivity index (χ0v) is 13.8. The van der Waals surface area contributed by atoms with E-state index in [0.29, 0.717) is 23.0 Å². The van der Waals surface area contributed by atoms with Crippen LogP contribution in [-0.2, 0) is 20.1 Å². The Hall–Kier alpha value is -2.61. The number of fused-ring (bicyclic) bond motifs is 2. The SMILES string of the molecule is Cn1cnc2cc(C(=O)NCc3cn4c(n3)SCC4)ccc2c1=O. The number of hydrogen-bond acceptors (Lipinski definition) is 5. The Labute approximate surface area is 141 Å². The summed E-state index contributed by atoms with van der Waals surface area (Å²) in [5.41, 5.74) is 1.71. The second kappa shape index (κ2) is 5.79. The van der Waals surface area contributed by atoms with Gasteiger partial charge in [-0.25, -0.2) is 9.97 Å². The van der Waals surface area contributed by atoms with Crippen LogP contribution in [0.3, 0.4) is 0 Å². The summed E-state index contributed by atoms with van der Waals surface area (Å²) in [6.07, 6.45) is 3.43. The summed E-state index contributed by atoms with van der Waals surface area (Å²) in [4.78, 5) is 33.0. The molecule has 0 bridgehead atoms. The molecule has 3 heterocycles. The Morgan fingerprint density at radius 2 is 2.29 bits per heavy atom. The summed E-state index contributed by atoms with van der Waals surface area (Å²) >= 11 is 1.72.